The molecule has 1 N–H and O–H groups in total. The highest BCUT2D eigenvalue weighted by molar-refractivity contribution is 4.50. The van der Waals surface area contributed by atoms with Crippen LogP contribution >= 0.6 is 0 Å². The molecule has 1 aliphatic heterocycles. The van der Waals surface area contributed by atoms with Crippen LogP contribution < -0.4 is 17.3 Å². The molecule has 134 valence electrons. The zero-order valence-corrected chi connectivity index (χ0v) is 16.1. The van der Waals surface area contributed by atoms with E-state index in [1.807, 2.05) is 4.90 Å². The molecule has 0 spiro atoms. The highest BCUT2D eigenvalue weighted by Gasteiger charge is 2.10. The zero-order valence-electron chi connectivity index (χ0n) is 15.3. The maximum Gasteiger partial charge on any atom is 0.0770 e. The van der Waals surface area contributed by atoms with Crippen LogP contribution in [0.15, 0.2) is 0 Å². The highest BCUT2D eigenvalue weighted by Crippen LogP contribution is 2.11. The molecule has 1 rings (SSSR count). The fourth-order valence-electron chi connectivity index (χ4n) is 3.69. The molecule has 1 fully saturated rings. The van der Waals surface area contributed by atoms with Gasteiger partial charge in [0.05, 0.1) is 19.6 Å². The Morgan fingerprint density at radius 3 is 1.41 bits per heavy atom. The minimum absolute atomic E-state index is 0. The second-order valence-corrected chi connectivity index (χ2v) is 7.30. The summed E-state index contributed by atoms with van der Waals surface area (Å²) in [7, 11) is 0. The van der Waals surface area contributed by atoms with Crippen molar-refractivity contribution < 1.29 is 17.3 Å². The molecule has 0 saturated carbocycles. The predicted molar refractivity (Wildman–Crippen MR) is 95.1 cm³/mol. The molecule has 0 aromatic rings. The molecule has 1 saturated heterocycles. The van der Waals surface area contributed by atoms with Crippen LogP contribution in [0.3, 0.4) is 0 Å². The van der Waals surface area contributed by atoms with Crippen molar-refractivity contribution in [3.63, 3.8) is 0 Å². The first-order chi connectivity index (χ1) is 10.4. The lowest BCUT2D eigenvalue weighted by Crippen LogP contribution is -3.11. The van der Waals surface area contributed by atoms with Crippen LogP contribution in [0.5, 0.6) is 0 Å². The van der Waals surface area contributed by atoms with E-state index in [1.54, 1.807) is 0 Å². The van der Waals surface area contributed by atoms with Crippen LogP contribution in [-0.4, -0.2) is 19.6 Å². The normalized spacial score (nSPS) is 16.2. The molecule has 0 unspecified atom stereocenters. The van der Waals surface area contributed by atoms with Crippen LogP contribution in [0, 0.1) is 0 Å². The molecule has 22 heavy (non-hydrogen) atoms. The van der Waals surface area contributed by atoms with Crippen molar-refractivity contribution >= 4 is 0 Å². The van der Waals surface area contributed by atoms with Gasteiger partial charge in [-0.1, -0.05) is 71.1 Å². The second kappa shape index (κ2) is 17.6. The Kier molecular flexibility index (Phi) is 17.8. The van der Waals surface area contributed by atoms with Crippen molar-refractivity contribution in [3.8, 4) is 0 Å². The third kappa shape index (κ3) is 13.9. The smallest absolute Gasteiger partial charge is 0.0770 e. The minimum Gasteiger partial charge on any atom is -1.00 e. The van der Waals surface area contributed by atoms with E-state index in [-0.39, 0.29) is 12.4 Å². The topological polar surface area (TPSA) is 4.44 Å². The molecule has 1 nitrogen and oxygen atoms in total. The molecule has 1 heterocycles. The summed E-state index contributed by atoms with van der Waals surface area (Å²) < 4.78 is 0. The number of hydrogen-bond donors (Lipinski definition) is 1. The Hall–Kier alpha value is 0.250. The van der Waals surface area contributed by atoms with E-state index < -0.39 is 0 Å². The largest absolute Gasteiger partial charge is 1.00 e. The van der Waals surface area contributed by atoms with Gasteiger partial charge in [0.1, 0.15) is 0 Å². The molecular formula is C20H42ClN. The van der Waals surface area contributed by atoms with E-state index >= 15 is 0 Å². The number of hydrogen-bond acceptors (Lipinski definition) is 0. The van der Waals surface area contributed by atoms with E-state index in [9.17, 15) is 0 Å². The average Bonchev–Trinajstić information content (AvgIpc) is 2.77. The number of quaternary nitrogens is 1. The summed E-state index contributed by atoms with van der Waals surface area (Å²) in [5.74, 6) is 0. The van der Waals surface area contributed by atoms with Gasteiger partial charge in [-0.05, 0) is 38.5 Å². The van der Waals surface area contributed by atoms with Crippen molar-refractivity contribution in [2.24, 2.45) is 0 Å². The summed E-state index contributed by atoms with van der Waals surface area (Å²) in [6.07, 6.45) is 23.6. The number of halogens is 1. The van der Waals surface area contributed by atoms with Gasteiger partial charge in [0.25, 0.3) is 0 Å². The lowest BCUT2D eigenvalue weighted by atomic mass is 10.1. The fourth-order valence-corrected chi connectivity index (χ4v) is 3.69. The molecule has 1 aliphatic rings. The second-order valence-electron chi connectivity index (χ2n) is 7.30. The molecule has 0 aromatic heterocycles. The van der Waals surface area contributed by atoms with Crippen LogP contribution in [-0.2, 0) is 0 Å². The van der Waals surface area contributed by atoms with Crippen molar-refractivity contribution in [1.29, 1.82) is 0 Å². The molecule has 0 aromatic carbocycles. The van der Waals surface area contributed by atoms with Gasteiger partial charge in [-0.3, -0.25) is 0 Å². The van der Waals surface area contributed by atoms with Crippen LogP contribution in [0.25, 0.3) is 0 Å². The van der Waals surface area contributed by atoms with E-state index in [4.69, 9.17) is 0 Å². The summed E-state index contributed by atoms with van der Waals surface area (Å²) in [6.45, 7) is 6.67. The van der Waals surface area contributed by atoms with Gasteiger partial charge in [-0.25, -0.2) is 0 Å². The Morgan fingerprint density at radius 1 is 0.545 bits per heavy atom. The monoisotopic (exact) mass is 331 g/mol. The maximum atomic E-state index is 2.30. The predicted octanol–water partition coefficient (Wildman–Crippen LogP) is 2.15. The zero-order chi connectivity index (χ0) is 15.0. The molecule has 0 amide bonds. The molecule has 0 atom stereocenters. The molecule has 0 aliphatic carbocycles. The summed E-state index contributed by atoms with van der Waals surface area (Å²) >= 11 is 0. The van der Waals surface area contributed by atoms with Gasteiger partial charge >= 0.3 is 0 Å². The maximum absolute atomic E-state index is 2.30. The lowest BCUT2D eigenvalue weighted by molar-refractivity contribution is -0.899. The SMILES string of the molecule is CCCCCCCCCCCCCC[NH+]1CCCCCC1.[Cl-]. The highest BCUT2D eigenvalue weighted by atomic mass is 35.5. The van der Waals surface area contributed by atoms with Crippen molar-refractivity contribution in [1.82, 2.24) is 0 Å². The number of likely N-dealkylation sites (tertiary alicyclic amines) is 1. The number of unbranched alkanes of at least 4 members (excludes halogenated alkanes) is 11. The molecule has 0 radical (unpaired) electrons. The summed E-state index contributed by atoms with van der Waals surface area (Å²) in [4.78, 5) is 1.90. The Bertz CT molecular complexity index is 200. The molecular weight excluding hydrogens is 290 g/mol. The standard InChI is InChI=1S/C20H41N.ClH/c1-2-3-4-5-6-7-8-9-10-11-12-15-18-21-19-16-13-14-17-20-21;/h2-20H2,1H3;1H. The number of rotatable bonds is 13. The van der Waals surface area contributed by atoms with E-state index in [0.717, 1.165) is 0 Å². The molecule has 0 bridgehead atoms. The van der Waals surface area contributed by atoms with Crippen LogP contribution in [0.4, 0.5) is 0 Å². The lowest BCUT2D eigenvalue weighted by Gasteiger charge is -2.16. The van der Waals surface area contributed by atoms with Gasteiger partial charge in [-0.2, -0.15) is 0 Å². The van der Waals surface area contributed by atoms with Crippen molar-refractivity contribution in [2.45, 2.75) is 110 Å². The average molecular weight is 332 g/mol. The summed E-state index contributed by atoms with van der Waals surface area (Å²) in [5, 5.41) is 0. The first-order valence-corrected chi connectivity index (χ1v) is 10.3. The Labute approximate surface area is 147 Å². The van der Waals surface area contributed by atoms with Gasteiger partial charge in [0.15, 0.2) is 0 Å². The van der Waals surface area contributed by atoms with Crippen LogP contribution in [0.2, 0.25) is 0 Å². The Balaban J connectivity index is 0.00000441. The van der Waals surface area contributed by atoms with Gasteiger partial charge in [-0.15, -0.1) is 0 Å². The van der Waals surface area contributed by atoms with Crippen molar-refractivity contribution in [2.75, 3.05) is 19.6 Å². The third-order valence-corrected chi connectivity index (χ3v) is 5.19. The van der Waals surface area contributed by atoms with E-state index in [0.29, 0.717) is 0 Å². The van der Waals surface area contributed by atoms with Crippen LogP contribution in [0.1, 0.15) is 110 Å². The fraction of sp³-hybridized carbons (Fsp3) is 1.00. The van der Waals surface area contributed by atoms with Crippen molar-refractivity contribution in [3.05, 3.63) is 0 Å². The quantitative estimate of drug-likeness (QED) is 0.493. The Morgan fingerprint density at radius 2 is 0.955 bits per heavy atom. The first kappa shape index (κ1) is 22.2. The summed E-state index contributed by atoms with van der Waals surface area (Å²) in [5.41, 5.74) is 0. The molecule has 2 heteroatoms. The van der Waals surface area contributed by atoms with Gasteiger partial charge in [0, 0.05) is 0 Å². The minimum atomic E-state index is 0. The van der Waals surface area contributed by atoms with E-state index in [1.165, 1.54) is 122 Å². The number of nitrogens with one attached hydrogen (secondary N) is 1. The third-order valence-electron chi connectivity index (χ3n) is 5.19. The van der Waals surface area contributed by atoms with E-state index in [2.05, 4.69) is 6.92 Å². The first-order valence-electron chi connectivity index (χ1n) is 10.3. The summed E-state index contributed by atoms with van der Waals surface area (Å²) in [6, 6.07) is 0. The van der Waals surface area contributed by atoms with Gasteiger partial charge in [0.2, 0.25) is 0 Å². The van der Waals surface area contributed by atoms with Gasteiger partial charge < -0.3 is 17.3 Å².